The van der Waals surface area contributed by atoms with Gasteiger partial charge < -0.3 is 25.6 Å². The van der Waals surface area contributed by atoms with Crippen molar-refractivity contribution in [2.75, 3.05) is 13.7 Å². The van der Waals surface area contributed by atoms with Gasteiger partial charge in [-0.1, -0.05) is 36.4 Å². The van der Waals surface area contributed by atoms with Gasteiger partial charge in [0.05, 0.1) is 25.2 Å². The first-order chi connectivity index (χ1) is 22.3. The van der Waals surface area contributed by atoms with Crippen LogP contribution in [0.2, 0.25) is 0 Å². The summed E-state index contributed by atoms with van der Waals surface area (Å²) in [5, 5.41) is 24.9. The van der Waals surface area contributed by atoms with Crippen LogP contribution >= 0.6 is 0 Å². The van der Waals surface area contributed by atoms with Crippen molar-refractivity contribution in [3.8, 4) is 0 Å². The number of carbonyl (C=O) groups is 2. The molecule has 0 saturated heterocycles. The number of amides is 2. The lowest BCUT2D eigenvalue weighted by molar-refractivity contribution is -0.124. The first-order valence-electron chi connectivity index (χ1n) is 15.3. The Balaban J connectivity index is 1.78. The number of alkyl carbamates (subject to hydrolysis) is 1. The highest BCUT2D eigenvalue weighted by molar-refractivity contribution is 7.89. The number of nitrogens with one attached hydrogen (secondary N) is 2. The number of carbonyl (C=O) groups excluding carboxylic acids is 2. The van der Waals surface area contributed by atoms with Crippen molar-refractivity contribution in [2.45, 2.75) is 81.6 Å². The molecule has 0 bridgehead atoms. The van der Waals surface area contributed by atoms with E-state index < -0.39 is 70.4 Å². The van der Waals surface area contributed by atoms with E-state index in [-0.39, 0.29) is 17.9 Å². The van der Waals surface area contributed by atoms with E-state index in [9.17, 15) is 37.0 Å². The van der Waals surface area contributed by atoms with E-state index in [1.807, 2.05) is 0 Å². The van der Waals surface area contributed by atoms with E-state index in [0.717, 1.165) is 7.11 Å². The van der Waals surface area contributed by atoms with E-state index in [4.69, 9.17) is 4.74 Å². The molecule has 0 fully saturated rings. The van der Waals surface area contributed by atoms with Crippen molar-refractivity contribution in [1.29, 1.82) is 0 Å². The maximum Gasteiger partial charge on any atom is 0.407 e. The molecule has 0 radical (unpaired) electrons. The number of rotatable bonds is 16. The third-order valence-electron chi connectivity index (χ3n) is 7.81. The minimum Gasteiger partial charge on any atom is -0.453 e. The third kappa shape index (κ3) is 10.0. The molecule has 0 aliphatic heterocycles. The molecule has 1 unspecified atom stereocenters. The lowest BCUT2D eigenvalue weighted by Gasteiger charge is -2.33. The van der Waals surface area contributed by atoms with Crippen LogP contribution in [-0.2, 0) is 26.2 Å². The molecule has 0 saturated carbocycles. The summed E-state index contributed by atoms with van der Waals surface area (Å²) in [6.07, 6.45) is 0.167. The molecule has 2 amide bonds. The Labute approximate surface area is 274 Å². The number of benzene rings is 3. The topological polar surface area (TPSA) is 145 Å². The summed E-state index contributed by atoms with van der Waals surface area (Å²) < 4.78 is 61.7. The Hall–Kier alpha value is -3.91. The molecule has 4 N–H and O–H groups in total. The zero-order valence-electron chi connectivity index (χ0n) is 26.9. The molecule has 0 spiro atoms. The van der Waals surface area contributed by atoms with Crippen molar-refractivity contribution in [2.24, 2.45) is 0 Å². The van der Waals surface area contributed by atoms with E-state index in [2.05, 4.69) is 10.6 Å². The minimum atomic E-state index is -3.98. The molecule has 10 nitrogen and oxygen atoms in total. The van der Waals surface area contributed by atoms with Crippen molar-refractivity contribution in [1.82, 2.24) is 14.9 Å². The summed E-state index contributed by atoms with van der Waals surface area (Å²) in [7, 11) is -2.85. The minimum absolute atomic E-state index is 0.0396. The molecule has 3 rings (SSSR count). The van der Waals surface area contributed by atoms with Crippen molar-refractivity contribution >= 4 is 22.0 Å². The van der Waals surface area contributed by atoms with E-state index in [1.165, 1.54) is 65.0 Å². The number of aliphatic hydroxyl groups excluding tert-OH is 2. The number of nitrogens with zero attached hydrogens (tertiary/aromatic N) is 1. The van der Waals surface area contributed by atoms with Crippen LogP contribution in [0.4, 0.5) is 13.6 Å². The van der Waals surface area contributed by atoms with Gasteiger partial charge in [-0.15, -0.1) is 0 Å². The largest absolute Gasteiger partial charge is 0.453 e. The fourth-order valence-corrected chi connectivity index (χ4v) is 7.45. The molecule has 3 aromatic carbocycles. The molecule has 0 aliphatic rings. The predicted molar refractivity (Wildman–Crippen MR) is 173 cm³/mol. The average Bonchev–Trinajstić information content (AvgIpc) is 3.03. The second kappa shape index (κ2) is 17.3. The summed E-state index contributed by atoms with van der Waals surface area (Å²) in [6, 6.07) is 13.8. The number of hydrogen-bond donors (Lipinski definition) is 4. The number of aliphatic hydroxyl groups is 2. The maximum atomic E-state index is 14.3. The standard InChI is InChI=1S/C34H43F2N3O7S/c1-22(2)39(47(44,45)30-16-14-24(20-40)15-17-30)29(21-41)13-5-8-23(3)37-33(42)32(38-34(43)46-4)31(25-9-6-11-27(35)18-25)26-10-7-12-28(36)19-26/h6-7,9-12,14-19,22-23,29,31-32,40-41H,5,8,13,20-21H2,1-4H3,(H,37,42)(H,38,43)/t23-,29-,32?/m0/s1. The van der Waals surface area contributed by atoms with Crippen LogP contribution in [0.3, 0.4) is 0 Å². The quantitative estimate of drug-likeness (QED) is 0.176. The second-order valence-corrected chi connectivity index (χ2v) is 13.5. The summed E-state index contributed by atoms with van der Waals surface area (Å²) in [4.78, 5) is 26.2. The summed E-state index contributed by atoms with van der Waals surface area (Å²) in [5.74, 6) is -2.76. The summed E-state index contributed by atoms with van der Waals surface area (Å²) in [5.41, 5.74) is 1.22. The molecule has 256 valence electrons. The van der Waals surface area contributed by atoms with E-state index in [0.29, 0.717) is 29.5 Å². The van der Waals surface area contributed by atoms with Gasteiger partial charge in [-0.2, -0.15) is 4.31 Å². The van der Waals surface area contributed by atoms with Gasteiger partial charge in [-0.25, -0.2) is 22.0 Å². The number of halogens is 2. The van der Waals surface area contributed by atoms with Crippen LogP contribution in [0, 0.1) is 11.6 Å². The normalized spacial score (nSPS) is 13.8. The lowest BCUT2D eigenvalue weighted by Crippen LogP contribution is -2.52. The molecule has 3 atom stereocenters. The highest BCUT2D eigenvalue weighted by Gasteiger charge is 2.35. The number of methoxy groups -OCH3 is 1. The Morgan fingerprint density at radius 2 is 1.45 bits per heavy atom. The van der Waals surface area contributed by atoms with E-state index in [1.54, 1.807) is 32.9 Å². The van der Waals surface area contributed by atoms with Gasteiger partial charge >= 0.3 is 6.09 Å². The van der Waals surface area contributed by atoms with Gasteiger partial charge in [0.1, 0.15) is 17.7 Å². The zero-order valence-corrected chi connectivity index (χ0v) is 27.7. The number of sulfonamides is 1. The predicted octanol–water partition coefficient (Wildman–Crippen LogP) is 4.45. The van der Waals surface area contributed by atoms with Crippen molar-refractivity contribution < 1.29 is 41.7 Å². The Morgan fingerprint density at radius 3 is 1.91 bits per heavy atom. The molecule has 3 aromatic rings. The van der Waals surface area contributed by atoms with Crippen LogP contribution in [0.1, 0.15) is 62.6 Å². The van der Waals surface area contributed by atoms with Gasteiger partial charge in [-0.3, -0.25) is 4.79 Å². The fraction of sp³-hybridized carbons (Fsp3) is 0.412. The SMILES string of the molecule is COC(=O)NC(C(=O)N[C@@H](C)CCC[C@@H](CO)N(C(C)C)S(=O)(=O)c1ccc(CO)cc1)C(c1cccc(F)c1)c1cccc(F)c1. The number of ether oxygens (including phenoxy) is 1. The van der Waals surface area contributed by atoms with E-state index >= 15 is 0 Å². The molecule has 0 aromatic heterocycles. The average molecular weight is 676 g/mol. The molecule has 0 heterocycles. The summed E-state index contributed by atoms with van der Waals surface area (Å²) in [6.45, 7) is 4.51. The van der Waals surface area contributed by atoms with Crippen molar-refractivity contribution in [3.63, 3.8) is 0 Å². The smallest absolute Gasteiger partial charge is 0.407 e. The highest BCUT2D eigenvalue weighted by atomic mass is 32.2. The van der Waals surface area contributed by atoms with Crippen molar-refractivity contribution in [3.05, 3.63) is 101 Å². The van der Waals surface area contributed by atoms with Gasteiger partial charge in [0, 0.05) is 24.0 Å². The monoisotopic (exact) mass is 675 g/mol. The van der Waals surface area contributed by atoms with Crippen LogP contribution in [0.25, 0.3) is 0 Å². The fourth-order valence-electron chi connectivity index (χ4n) is 5.61. The van der Waals surface area contributed by atoms with Crippen LogP contribution in [-0.4, -0.2) is 72.8 Å². The van der Waals surface area contributed by atoms with Crippen LogP contribution in [0.15, 0.2) is 77.7 Å². The molecular formula is C34H43F2N3O7S. The third-order valence-corrected chi connectivity index (χ3v) is 9.96. The highest BCUT2D eigenvalue weighted by Crippen LogP contribution is 2.30. The molecule has 13 heteroatoms. The Bertz CT molecular complexity index is 1540. The molecule has 47 heavy (non-hydrogen) atoms. The molecule has 0 aliphatic carbocycles. The molecular weight excluding hydrogens is 632 g/mol. The van der Waals surface area contributed by atoms with Gasteiger partial charge in [0.2, 0.25) is 15.9 Å². The maximum absolute atomic E-state index is 14.3. The zero-order chi connectivity index (χ0) is 34.7. The number of hydrogen-bond acceptors (Lipinski definition) is 7. The lowest BCUT2D eigenvalue weighted by atomic mass is 9.84. The van der Waals surface area contributed by atoms with Gasteiger partial charge in [0.25, 0.3) is 0 Å². The summed E-state index contributed by atoms with van der Waals surface area (Å²) >= 11 is 0. The second-order valence-electron chi connectivity index (χ2n) is 11.6. The Morgan fingerprint density at radius 1 is 0.872 bits per heavy atom. The van der Waals surface area contributed by atoms with Gasteiger partial charge in [0.15, 0.2) is 0 Å². The van der Waals surface area contributed by atoms with Crippen LogP contribution in [0.5, 0.6) is 0 Å². The first kappa shape index (κ1) is 37.5. The first-order valence-corrected chi connectivity index (χ1v) is 16.8. The van der Waals surface area contributed by atoms with Gasteiger partial charge in [-0.05, 0) is 93.1 Å². The Kier molecular flexibility index (Phi) is 13.8. The van der Waals surface area contributed by atoms with Crippen LogP contribution < -0.4 is 10.6 Å².